The molecule has 1 unspecified atom stereocenters. The lowest BCUT2D eigenvalue weighted by Gasteiger charge is -2.39. The summed E-state index contributed by atoms with van der Waals surface area (Å²) in [6, 6.07) is -4.08. The molecule has 0 aliphatic carbocycles. The number of hydrogen-bond acceptors (Lipinski definition) is 8. The van der Waals surface area contributed by atoms with Crippen molar-refractivity contribution in [2.24, 2.45) is 22.7 Å². The fourth-order valence-corrected chi connectivity index (χ4v) is 6.53. The van der Waals surface area contributed by atoms with Crippen LogP contribution in [0.1, 0.15) is 94.1 Å². The summed E-state index contributed by atoms with van der Waals surface area (Å²) in [5.74, 6) is -2.73. The molecule has 0 aromatic heterocycles. The summed E-state index contributed by atoms with van der Waals surface area (Å²) in [6.07, 6.45) is 3.22. The molecule has 50 heavy (non-hydrogen) atoms. The summed E-state index contributed by atoms with van der Waals surface area (Å²) < 4.78 is 0. The number of carbonyl (C=O) groups excluding carboxylic acids is 5. The summed E-state index contributed by atoms with van der Waals surface area (Å²) >= 11 is 0. The minimum atomic E-state index is -1.06. The quantitative estimate of drug-likeness (QED) is 0.150. The average molecular weight is 701 g/mol. The minimum absolute atomic E-state index is 0.0230. The first-order valence-corrected chi connectivity index (χ1v) is 17.8. The van der Waals surface area contributed by atoms with Crippen molar-refractivity contribution in [2.45, 2.75) is 119 Å². The number of nitrogens with one attached hydrogen (secondary N) is 4. The van der Waals surface area contributed by atoms with E-state index in [0.717, 1.165) is 0 Å². The van der Waals surface area contributed by atoms with E-state index in [0.29, 0.717) is 30.5 Å². The molecule has 0 spiro atoms. The molecule has 0 radical (unpaired) electrons. The molecular weight excluding hydrogens is 640 g/mol. The van der Waals surface area contributed by atoms with Crippen LogP contribution in [0.25, 0.3) is 0 Å². The third kappa shape index (κ3) is 10.0. The fraction of sp³-hybridized carbons (Fsp3) is 0.703. The molecule has 1 saturated heterocycles. The number of likely N-dealkylation sites (tertiary alicyclic amines) is 1. The Hall–Kier alpha value is -4.03. The van der Waals surface area contributed by atoms with Gasteiger partial charge in [-0.2, -0.15) is 0 Å². The molecule has 1 aromatic rings. The van der Waals surface area contributed by atoms with Crippen LogP contribution in [-0.4, -0.2) is 85.3 Å². The molecule has 0 saturated carbocycles. The number of carbonyl (C=O) groups is 5. The van der Waals surface area contributed by atoms with Gasteiger partial charge in [0, 0.05) is 32.2 Å². The van der Waals surface area contributed by atoms with Gasteiger partial charge in [-0.3, -0.25) is 28.8 Å². The Balaban J connectivity index is 2.34. The standard InChI is InChI=1S/C37H60N6O7/c1-13-16-24(29(45)33(48)38-18-14-2)39-32(47)27-23(21(4)5)17-19-43(27)34(49)31(37(9,10)11)41-35(50)40-25(36(6,7)8)20-42(12)26-22(15-3)28(44)30(26)46/h14,21,23-25,27,31H,2,13,15-20H2,1,3-12H3,(H,38,48)(H,39,47)(H2,40,41,50)/t23-,24?,25-,27+,31-/m1/s1. The molecule has 1 aliphatic rings. The predicted molar refractivity (Wildman–Crippen MR) is 196 cm³/mol. The Kier molecular flexibility index (Phi) is 14.5. The lowest BCUT2D eigenvalue weighted by Crippen LogP contribution is -2.62. The molecule has 2 rings (SSSR count). The van der Waals surface area contributed by atoms with Crippen molar-refractivity contribution in [3.63, 3.8) is 0 Å². The Labute approximate surface area is 297 Å². The van der Waals surface area contributed by atoms with Gasteiger partial charge in [-0.25, -0.2) is 4.79 Å². The van der Waals surface area contributed by atoms with Gasteiger partial charge in [0.15, 0.2) is 0 Å². The van der Waals surface area contributed by atoms with Crippen molar-refractivity contribution < 1.29 is 24.0 Å². The molecule has 4 N–H and O–H groups in total. The summed E-state index contributed by atoms with van der Waals surface area (Å²) in [5.41, 5.74) is -1.41. The zero-order valence-electron chi connectivity index (χ0n) is 32.0. The van der Waals surface area contributed by atoms with E-state index in [1.807, 2.05) is 69.2 Å². The number of amides is 5. The normalized spacial score (nSPS) is 18.3. The first kappa shape index (κ1) is 42.1. The van der Waals surface area contributed by atoms with Gasteiger partial charge in [0.05, 0.1) is 17.8 Å². The maximum atomic E-state index is 14.4. The van der Waals surface area contributed by atoms with Crippen LogP contribution in [0.3, 0.4) is 0 Å². The highest BCUT2D eigenvalue weighted by atomic mass is 16.2. The van der Waals surface area contributed by atoms with Crippen molar-refractivity contribution in [3.8, 4) is 0 Å². The van der Waals surface area contributed by atoms with Gasteiger partial charge in [0.2, 0.25) is 28.5 Å². The van der Waals surface area contributed by atoms with E-state index < -0.39 is 75.4 Å². The molecule has 1 fully saturated rings. The van der Waals surface area contributed by atoms with E-state index in [4.69, 9.17) is 0 Å². The largest absolute Gasteiger partial charge is 0.369 e. The molecule has 1 aliphatic heterocycles. The van der Waals surface area contributed by atoms with Crippen LogP contribution in [0, 0.1) is 22.7 Å². The minimum Gasteiger partial charge on any atom is -0.369 e. The van der Waals surface area contributed by atoms with Gasteiger partial charge >= 0.3 is 6.03 Å². The third-order valence-electron chi connectivity index (χ3n) is 9.61. The highest BCUT2D eigenvalue weighted by molar-refractivity contribution is 6.38. The number of likely N-dealkylation sites (N-methyl/N-ethyl adjacent to an activating group) is 1. The Morgan fingerprint density at radius 3 is 2.08 bits per heavy atom. The zero-order chi connectivity index (χ0) is 38.3. The number of rotatable bonds is 16. The highest BCUT2D eigenvalue weighted by Crippen LogP contribution is 2.33. The summed E-state index contributed by atoms with van der Waals surface area (Å²) in [6.45, 7) is 23.1. The van der Waals surface area contributed by atoms with Gasteiger partial charge in [-0.15, -0.1) is 6.58 Å². The number of hydrogen-bond donors (Lipinski definition) is 4. The number of Topliss-reactive ketones (excluding diaryl/α,β-unsaturated/α-hetero) is 1. The first-order valence-electron chi connectivity index (χ1n) is 17.8. The molecule has 13 nitrogen and oxygen atoms in total. The van der Waals surface area contributed by atoms with Gasteiger partial charge in [0.1, 0.15) is 12.1 Å². The number of ketones is 1. The third-order valence-corrected chi connectivity index (χ3v) is 9.61. The molecule has 5 atom stereocenters. The second-order valence-electron chi connectivity index (χ2n) is 15.9. The molecule has 1 aromatic carbocycles. The summed E-state index contributed by atoms with van der Waals surface area (Å²) in [4.78, 5) is 95.1. The molecule has 280 valence electrons. The molecular formula is C37H60N6O7. The fourth-order valence-electron chi connectivity index (χ4n) is 6.53. The molecule has 5 amide bonds. The maximum Gasteiger partial charge on any atom is 0.315 e. The van der Waals surface area contributed by atoms with Crippen LogP contribution >= 0.6 is 0 Å². The van der Waals surface area contributed by atoms with E-state index in [1.54, 1.807) is 11.9 Å². The van der Waals surface area contributed by atoms with Crippen molar-refractivity contribution in [1.29, 1.82) is 0 Å². The monoisotopic (exact) mass is 700 g/mol. The van der Waals surface area contributed by atoms with Crippen LogP contribution in [0.5, 0.6) is 0 Å². The molecule has 13 heteroatoms. The summed E-state index contributed by atoms with van der Waals surface area (Å²) in [7, 11) is 1.71. The van der Waals surface area contributed by atoms with Crippen LogP contribution in [0.15, 0.2) is 22.2 Å². The van der Waals surface area contributed by atoms with E-state index in [-0.39, 0.29) is 37.9 Å². The molecule has 1 heterocycles. The average Bonchev–Trinajstić information content (AvgIpc) is 3.48. The van der Waals surface area contributed by atoms with Crippen molar-refractivity contribution in [3.05, 3.63) is 38.7 Å². The Morgan fingerprint density at radius 1 is 0.960 bits per heavy atom. The Bertz CT molecular complexity index is 1480. The smallest absolute Gasteiger partial charge is 0.315 e. The van der Waals surface area contributed by atoms with Crippen LogP contribution in [-0.2, 0) is 25.6 Å². The van der Waals surface area contributed by atoms with Gasteiger partial charge in [0.25, 0.3) is 5.91 Å². The highest BCUT2D eigenvalue weighted by Gasteiger charge is 2.48. The van der Waals surface area contributed by atoms with E-state index in [9.17, 15) is 33.6 Å². The number of nitrogens with zero attached hydrogens (tertiary/aromatic N) is 2. The van der Waals surface area contributed by atoms with Crippen molar-refractivity contribution in [2.75, 3.05) is 31.6 Å². The van der Waals surface area contributed by atoms with Gasteiger partial charge in [-0.05, 0) is 41.9 Å². The van der Waals surface area contributed by atoms with Crippen LogP contribution in [0.2, 0.25) is 0 Å². The second kappa shape index (κ2) is 17.3. The van der Waals surface area contributed by atoms with Crippen LogP contribution < -0.4 is 37.0 Å². The summed E-state index contributed by atoms with van der Waals surface area (Å²) in [5, 5.41) is 11.1. The van der Waals surface area contributed by atoms with Crippen LogP contribution in [0.4, 0.5) is 10.5 Å². The predicted octanol–water partition coefficient (Wildman–Crippen LogP) is 2.44. The van der Waals surface area contributed by atoms with E-state index >= 15 is 0 Å². The van der Waals surface area contributed by atoms with Gasteiger partial charge < -0.3 is 31.1 Å². The van der Waals surface area contributed by atoms with Crippen molar-refractivity contribution in [1.82, 2.24) is 26.2 Å². The SMILES string of the molecule is C=CCNC(=O)C(=O)C(CCC)NC(=O)[C@@H]1[C@@H](C(C)C)CCN1C(=O)[C@@H](NC(=O)N[C@H](CN(C)c1c(CC)c(=O)c1=O)C(C)(C)C)C(C)(C)C. The zero-order valence-corrected chi connectivity index (χ0v) is 32.0. The Morgan fingerprint density at radius 2 is 1.58 bits per heavy atom. The lowest BCUT2D eigenvalue weighted by atomic mass is 9.84. The lowest BCUT2D eigenvalue weighted by molar-refractivity contribution is -0.144. The number of anilines is 1. The maximum absolute atomic E-state index is 14.4. The number of urea groups is 1. The topological polar surface area (TPSA) is 174 Å². The first-order chi connectivity index (χ1) is 23.1. The van der Waals surface area contributed by atoms with Crippen molar-refractivity contribution >= 4 is 35.2 Å². The molecule has 0 bridgehead atoms. The van der Waals surface area contributed by atoms with E-state index in [2.05, 4.69) is 27.8 Å². The van der Waals surface area contributed by atoms with E-state index in [1.165, 1.54) is 11.0 Å². The van der Waals surface area contributed by atoms with Gasteiger partial charge in [-0.1, -0.05) is 81.7 Å². The second-order valence-corrected chi connectivity index (χ2v) is 15.9.